The Balaban J connectivity index is 2.63. The zero-order chi connectivity index (χ0) is 12.1. The van der Waals surface area contributed by atoms with Crippen LogP contribution < -0.4 is 5.32 Å². The van der Waals surface area contributed by atoms with Crippen LogP contribution in [0.2, 0.25) is 0 Å². The van der Waals surface area contributed by atoms with Crippen molar-refractivity contribution in [3.8, 4) is 0 Å². The minimum absolute atomic E-state index is 0.111. The minimum atomic E-state index is -0.274. The van der Waals surface area contributed by atoms with Crippen LogP contribution in [0.3, 0.4) is 0 Å². The zero-order valence-electron chi connectivity index (χ0n) is 9.50. The first kappa shape index (κ1) is 13.5. The summed E-state index contributed by atoms with van der Waals surface area (Å²) >= 11 is 3.29. The Hall–Kier alpha value is -0.610. The van der Waals surface area contributed by atoms with Gasteiger partial charge in [0, 0.05) is 23.5 Å². The molecule has 1 aromatic rings. The van der Waals surface area contributed by atoms with Gasteiger partial charge in [-0.25, -0.2) is 4.39 Å². The highest BCUT2D eigenvalue weighted by molar-refractivity contribution is 9.10. The van der Waals surface area contributed by atoms with E-state index in [4.69, 9.17) is 5.11 Å². The van der Waals surface area contributed by atoms with Crippen molar-refractivity contribution in [2.24, 2.45) is 11.8 Å². The van der Waals surface area contributed by atoms with E-state index in [-0.39, 0.29) is 18.3 Å². The van der Waals surface area contributed by atoms with E-state index in [1.54, 1.807) is 12.1 Å². The van der Waals surface area contributed by atoms with Crippen LogP contribution in [0.25, 0.3) is 0 Å². The van der Waals surface area contributed by atoms with Crippen LogP contribution >= 0.6 is 15.9 Å². The number of halogens is 2. The first-order chi connectivity index (χ1) is 7.54. The highest BCUT2D eigenvalue weighted by Gasteiger charge is 2.12. The quantitative estimate of drug-likeness (QED) is 0.872. The normalized spacial score (nSPS) is 12.9. The molecule has 90 valence electrons. The number of nitrogens with one attached hydrogen (secondary N) is 1. The van der Waals surface area contributed by atoms with Crippen LogP contribution in [-0.4, -0.2) is 18.3 Å². The molecular weight excluding hydrogens is 273 g/mol. The van der Waals surface area contributed by atoms with E-state index < -0.39 is 0 Å². The summed E-state index contributed by atoms with van der Waals surface area (Å²) < 4.78 is 14.2. The van der Waals surface area contributed by atoms with Crippen molar-refractivity contribution in [3.63, 3.8) is 0 Å². The van der Waals surface area contributed by atoms with Gasteiger partial charge in [-0.2, -0.15) is 0 Å². The summed E-state index contributed by atoms with van der Waals surface area (Å²) in [6, 6.07) is 4.77. The Morgan fingerprint density at radius 1 is 1.44 bits per heavy atom. The molecule has 0 radical (unpaired) electrons. The number of anilines is 1. The van der Waals surface area contributed by atoms with E-state index in [1.165, 1.54) is 6.07 Å². The van der Waals surface area contributed by atoms with Gasteiger partial charge in [-0.1, -0.05) is 29.8 Å². The fraction of sp³-hybridized carbons (Fsp3) is 0.500. The van der Waals surface area contributed by atoms with Gasteiger partial charge in [0.25, 0.3) is 0 Å². The SMILES string of the molecule is CC(C)C(CO)CNc1cc(Br)ccc1F. The predicted octanol–water partition coefficient (Wildman–Crippen LogP) is 3.26. The summed E-state index contributed by atoms with van der Waals surface area (Å²) in [6.07, 6.45) is 0. The van der Waals surface area contributed by atoms with Crippen LogP contribution in [-0.2, 0) is 0 Å². The number of benzene rings is 1. The summed E-state index contributed by atoms with van der Waals surface area (Å²) in [6.45, 7) is 4.77. The van der Waals surface area contributed by atoms with E-state index in [2.05, 4.69) is 21.2 Å². The van der Waals surface area contributed by atoms with Crippen molar-refractivity contribution >= 4 is 21.6 Å². The molecule has 0 aliphatic carbocycles. The third-order valence-electron chi connectivity index (χ3n) is 2.66. The molecule has 2 N–H and O–H groups in total. The van der Waals surface area contributed by atoms with E-state index >= 15 is 0 Å². The first-order valence-corrected chi connectivity index (χ1v) is 6.13. The molecule has 0 spiro atoms. The minimum Gasteiger partial charge on any atom is -0.396 e. The molecule has 0 saturated heterocycles. The lowest BCUT2D eigenvalue weighted by molar-refractivity contribution is 0.198. The zero-order valence-corrected chi connectivity index (χ0v) is 11.1. The van der Waals surface area contributed by atoms with Crippen molar-refractivity contribution in [3.05, 3.63) is 28.5 Å². The molecule has 4 heteroatoms. The number of aliphatic hydroxyl groups is 1. The van der Waals surface area contributed by atoms with Gasteiger partial charge >= 0.3 is 0 Å². The maximum atomic E-state index is 13.4. The number of hydrogen-bond donors (Lipinski definition) is 2. The second-order valence-electron chi connectivity index (χ2n) is 4.19. The number of hydrogen-bond acceptors (Lipinski definition) is 2. The molecule has 0 bridgehead atoms. The maximum absolute atomic E-state index is 13.4. The second kappa shape index (κ2) is 6.21. The Morgan fingerprint density at radius 2 is 2.12 bits per heavy atom. The molecule has 1 atom stereocenters. The van der Waals surface area contributed by atoms with Crippen molar-refractivity contribution in [2.45, 2.75) is 13.8 Å². The lowest BCUT2D eigenvalue weighted by atomic mass is 9.97. The molecule has 0 aliphatic rings. The Morgan fingerprint density at radius 3 is 2.69 bits per heavy atom. The van der Waals surface area contributed by atoms with Crippen molar-refractivity contribution in [1.82, 2.24) is 0 Å². The van der Waals surface area contributed by atoms with Crippen LogP contribution in [0.15, 0.2) is 22.7 Å². The highest BCUT2D eigenvalue weighted by Crippen LogP contribution is 2.21. The smallest absolute Gasteiger partial charge is 0.146 e. The Labute approximate surface area is 104 Å². The molecule has 0 fully saturated rings. The van der Waals surface area contributed by atoms with Gasteiger partial charge in [0.2, 0.25) is 0 Å². The first-order valence-electron chi connectivity index (χ1n) is 5.34. The van der Waals surface area contributed by atoms with Gasteiger partial charge in [-0.3, -0.25) is 0 Å². The van der Waals surface area contributed by atoms with Crippen molar-refractivity contribution in [2.75, 3.05) is 18.5 Å². The fourth-order valence-electron chi connectivity index (χ4n) is 1.39. The average Bonchev–Trinajstić information content (AvgIpc) is 2.23. The summed E-state index contributed by atoms with van der Waals surface area (Å²) in [4.78, 5) is 0. The molecule has 0 saturated carbocycles. The molecule has 2 nitrogen and oxygen atoms in total. The van der Waals surface area contributed by atoms with Crippen LogP contribution in [0, 0.1) is 17.7 Å². The van der Waals surface area contributed by atoms with E-state index in [0.29, 0.717) is 18.2 Å². The van der Waals surface area contributed by atoms with Crippen LogP contribution in [0.1, 0.15) is 13.8 Å². The third-order valence-corrected chi connectivity index (χ3v) is 3.15. The molecule has 16 heavy (non-hydrogen) atoms. The molecule has 0 aliphatic heterocycles. The Bertz CT molecular complexity index is 344. The van der Waals surface area contributed by atoms with E-state index in [9.17, 15) is 4.39 Å². The van der Waals surface area contributed by atoms with Crippen molar-refractivity contribution < 1.29 is 9.50 Å². The number of aliphatic hydroxyl groups excluding tert-OH is 1. The lowest BCUT2D eigenvalue weighted by Crippen LogP contribution is -2.23. The molecule has 0 aromatic heterocycles. The van der Waals surface area contributed by atoms with Gasteiger partial charge in [0.05, 0.1) is 5.69 Å². The highest BCUT2D eigenvalue weighted by atomic mass is 79.9. The monoisotopic (exact) mass is 289 g/mol. The number of rotatable bonds is 5. The van der Waals surface area contributed by atoms with Gasteiger partial charge in [0.1, 0.15) is 5.82 Å². The van der Waals surface area contributed by atoms with Gasteiger partial charge in [0.15, 0.2) is 0 Å². The van der Waals surface area contributed by atoms with Gasteiger partial charge in [-0.05, 0) is 24.1 Å². The topological polar surface area (TPSA) is 32.3 Å². The largest absolute Gasteiger partial charge is 0.396 e. The standard InChI is InChI=1S/C12H17BrFNO/c1-8(2)9(7-16)6-15-12-5-10(13)3-4-11(12)14/h3-5,8-9,15-16H,6-7H2,1-2H3. The molecule has 1 unspecified atom stereocenters. The van der Waals surface area contributed by atoms with Gasteiger partial charge < -0.3 is 10.4 Å². The van der Waals surface area contributed by atoms with Crippen molar-refractivity contribution in [1.29, 1.82) is 0 Å². The summed E-state index contributed by atoms with van der Waals surface area (Å²) in [7, 11) is 0. The predicted molar refractivity (Wildman–Crippen MR) is 68.0 cm³/mol. The Kier molecular flexibility index (Phi) is 5.22. The maximum Gasteiger partial charge on any atom is 0.146 e. The third kappa shape index (κ3) is 3.76. The molecule has 1 rings (SSSR count). The molecule has 1 aromatic carbocycles. The lowest BCUT2D eigenvalue weighted by Gasteiger charge is -2.19. The molecule has 0 heterocycles. The van der Waals surface area contributed by atoms with Crippen LogP contribution in [0.4, 0.5) is 10.1 Å². The average molecular weight is 290 g/mol. The summed E-state index contributed by atoms with van der Waals surface area (Å²) in [5.41, 5.74) is 0.466. The van der Waals surface area contributed by atoms with E-state index in [0.717, 1.165) is 4.47 Å². The van der Waals surface area contributed by atoms with Gasteiger partial charge in [-0.15, -0.1) is 0 Å². The summed E-state index contributed by atoms with van der Waals surface area (Å²) in [5.74, 6) is 0.231. The summed E-state index contributed by atoms with van der Waals surface area (Å²) in [5, 5.41) is 12.2. The van der Waals surface area contributed by atoms with Crippen LogP contribution in [0.5, 0.6) is 0 Å². The molecule has 0 amide bonds. The molecular formula is C12H17BrFNO. The second-order valence-corrected chi connectivity index (χ2v) is 5.11. The van der Waals surface area contributed by atoms with E-state index in [1.807, 2.05) is 13.8 Å². The fourth-order valence-corrected chi connectivity index (χ4v) is 1.75.